The molecule has 2 aromatic heterocycles. The normalized spacial score (nSPS) is 10.3. The van der Waals surface area contributed by atoms with Crippen LogP contribution in [0.2, 0.25) is 5.02 Å². The zero-order valence-corrected chi connectivity index (χ0v) is 19.0. The van der Waals surface area contributed by atoms with Crippen LogP contribution in [-0.4, -0.2) is 28.2 Å². The Hall–Kier alpha value is -3.93. The molecule has 7 nitrogen and oxygen atoms in total. The number of hydrogen-bond donors (Lipinski definition) is 1. The van der Waals surface area contributed by atoms with E-state index in [1.165, 1.54) is 6.20 Å². The van der Waals surface area contributed by atoms with Gasteiger partial charge in [0.05, 0.1) is 12.7 Å². The fourth-order valence-corrected chi connectivity index (χ4v) is 3.73. The summed E-state index contributed by atoms with van der Waals surface area (Å²) in [7, 11) is 1.56. The topological polar surface area (TPSA) is 86.2 Å². The third-order valence-corrected chi connectivity index (χ3v) is 5.60. The third-order valence-electron chi connectivity index (χ3n) is 4.60. The van der Waals surface area contributed by atoms with Crippen molar-refractivity contribution in [2.24, 2.45) is 0 Å². The van der Waals surface area contributed by atoms with E-state index in [0.29, 0.717) is 45.0 Å². The number of rotatable bonds is 7. The van der Waals surface area contributed by atoms with Crippen molar-refractivity contribution in [1.82, 2.24) is 15.2 Å². The lowest BCUT2D eigenvalue weighted by Crippen LogP contribution is -2.14. The van der Waals surface area contributed by atoms with Crippen molar-refractivity contribution >= 4 is 34.0 Å². The molecule has 9 heteroatoms. The van der Waals surface area contributed by atoms with Gasteiger partial charge in [-0.15, -0.1) is 11.5 Å². The van der Waals surface area contributed by atoms with Crippen molar-refractivity contribution in [3.05, 3.63) is 82.6 Å². The maximum absolute atomic E-state index is 13.1. The minimum Gasteiger partial charge on any atom is -0.496 e. The average Bonchev–Trinajstić information content (AvgIpc) is 3.30. The number of carbonyl (C=O) groups is 1. The van der Waals surface area contributed by atoms with Crippen molar-refractivity contribution in [2.45, 2.75) is 6.61 Å². The lowest BCUT2D eigenvalue weighted by molar-refractivity contribution is 0.102. The molecule has 4 rings (SSSR count). The first-order valence-electron chi connectivity index (χ1n) is 9.69. The predicted octanol–water partition coefficient (Wildman–Crippen LogP) is 5.07. The molecule has 0 saturated heterocycles. The van der Waals surface area contributed by atoms with Crippen LogP contribution in [-0.2, 0) is 6.61 Å². The van der Waals surface area contributed by atoms with E-state index in [9.17, 15) is 4.79 Å². The summed E-state index contributed by atoms with van der Waals surface area (Å²) in [4.78, 5) is 17.2. The summed E-state index contributed by atoms with van der Waals surface area (Å²) in [6.07, 6.45) is 6.95. The number of terminal acetylenes is 1. The second-order valence-corrected chi connectivity index (χ2v) is 8.08. The van der Waals surface area contributed by atoms with E-state index >= 15 is 0 Å². The smallest absolute Gasteiger partial charge is 0.296 e. The molecule has 1 amide bonds. The van der Waals surface area contributed by atoms with Crippen molar-refractivity contribution in [3.63, 3.8) is 0 Å². The first-order valence-corrected chi connectivity index (χ1v) is 10.9. The lowest BCUT2D eigenvalue weighted by atomic mass is 9.99. The molecular formula is C24H17ClN4O3S. The van der Waals surface area contributed by atoms with E-state index in [4.69, 9.17) is 27.5 Å². The van der Waals surface area contributed by atoms with Crippen molar-refractivity contribution in [3.8, 4) is 34.4 Å². The number of nitrogens with one attached hydrogen (secondary N) is 1. The SMILES string of the molecule is C#Cc1cc(-c2ccccc2OC)c(C(=O)Nc2nnc(OCc3ccc(Cl)cc3)s2)cn1. The molecule has 0 aliphatic rings. The molecule has 0 aliphatic heterocycles. The van der Waals surface area contributed by atoms with Gasteiger partial charge < -0.3 is 9.47 Å². The highest BCUT2D eigenvalue weighted by molar-refractivity contribution is 7.17. The molecule has 2 heterocycles. The number of nitrogens with zero attached hydrogens (tertiary/aromatic N) is 3. The Balaban J connectivity index is 1.53. The Morgan fingerprint density at radius 2 is 1.94 bits per heavy atom. The molecule has 164 valence electrons. The number of halogens is 1. The summed E-state index contributed by atoms with van der Waals surface area (Å²) >= 11 is 7.01. The van der Waals surface area contributed by atoms with Gasteiger partial charge in [0.25, 0.3) is 11.1 Å². The Kier molecular flexibility index (Phi) is 6.83. The molecule has 0 aliphatic carbocycles. The molecule has 0 radical (unpaired) electrons. The maximum Gasteiger partial charge on any atom is 0.296 e. The van der Waals surface area contributed by atoms with Crippen molar-refractivity contribution in [2.75, 3.05) is 12.4 Å². The van der Waals surface area contributed by atoms with Gasteiger partial charge in [0.15, 0.2) is 0 Å². The molecular weight excluding hydrogens is 460 g/mol. The van der Waals surface area contributed by atoms with Crippen LogP contribution in [0.5, 0.6) is 10.9 Å². The molecule has 0 atom stereocenters. The Labute approximate surface area is 199 Å². The number of aromatic nitrogens is 3. The summed E-state index contributed by atoms with van der Waals surface area (Å²) in [5.74, 6) is 2.69. The van der Waals surface area contributed by atoms with E-state index in [2.05, 4.69) is 26.4 Å². The fourth-order valence-electron chi connectivity index (χ4n) is 3.01. The minimum atomic E-state index is -0.410. The molecule has 2 aromatic carbocycles. The molecule has 0 fully saturated rings. The van der Waals surface area contributed by atoms with Gasteiger partial charge in [-0.3, -0.25) is 10.1 Å². The predicted molar refractivity (Wildman–Crippen MR) is 128 cm³/mol. The maximum atomic E-state index is 13.1. The van der Waals surface area contributed by atoms with Gasteiger partial charge in [-0.1, -0.05) is 53.0 Å². The largest absolute Gasteiger partial charge is 0.496 e. The van der Waals surface area contributed by atoms with Gasteiger partial charge in [0.1, 0.15) is 18.1 Å². The molecule has 33 heavy (non-hydrogen) atoms. The Morgan fingerprint density at radius 3 is 2.70 bits per heavy atom. The molecule has 0 spiro atoms. The monoisotopic (exact) mass is 476 g/mol. The Bertz CT molecular complexity index is 1330. The molecule has 0 saturated carbocycles. The van der Waals surface area contributed by atoms with Crippen molar-refractivity contribution < 1.29 is 14.3 Å². The van der Waals surface area contributed by atoms with Crippen molar-refractivity contribution in [1.29, 1.82) is 0 Å². The van der Waals surface area contributed by atoms with Crippen LogP contribution in [0.4, 0.5) is 5.13 Å². The van der Waals surface area contributed by atoms with Crippen LogP contribution in [0.3, 0.4) is 0 Å². The number of anilines is 1. The number of carbonyl (C=O) groups excluding carboxylic acids is 1. The second kappa shape index (κ2) is 10.1. The van der Waals surface area contributed by atoms with E-state index in [-0.39, 0.29) is 5.13 Å². The molecule has 0 bridgehead atoms. The van der Waals surface area contributed by atoms with Gasteiger partial charge in [-0.25, -0.2) is 4.98 Å². The highest BCUT2D eigenvalue weighted by Gasteiger charge is 2.19. The summed E-state index contributed by atoms with van der Waals surface area (Å²) in [5.41, 5.74) is 2.96. The first kappa shape index (κ1) is 22.3. The number of methoxy groups -OCH3 is 1. The van der Waals surface area contributed by atoms with Crippen LogP contribution in [0, 0.1) is 12.3 Å². The van der Waals surface area contributed by atoms with Crippen LogP contribution < -0.4 is 14.8 Å². The molecule has 1 N–H and O–H groups in total. The van der Waals surface area contributed by atoms with Gasteiger partial charge in [-0.05, 0) is 41.2 Å². The number of hydrogen-bond acceptors (Lipinski definition) is 7. The summed E-state index contributed by atoms with van der Waals surface area (Å²) in [5, 5.41) is 12.0. The van der Waals surface area contributed by atoms with E-state index < -0.39 is 5.91 Å². The molecule has 0 unspecified atom stereocenters. The second-order valence-electron chi connectivity index (χ2n) is 6.70. The van der Waals surface area contributed by atoms with Gasteiger partial charge in [0, 0.05) is 22.3 Å². The summed E-state index contributed by atoms with van der Waals surface area (Å²) < 4.78 is 11.1. The molecule has 4 aromatic rings. The van der Waals surface area contributed by atoms with E-state index in [1.807, 2.05) is 36.4 Å². The van der Waals surface area contributed by atoms with Gasteiger partial charge in [0.2, 0.25) is 5.13 Å². The highest BCUT2D eigenvalue weighted by atomic mass is 35.5. The highest BCUT2D eigenvalue weighted by Crippen LogP contribution is 2.33. The van der Waals surface area contributed by atoms with E-state index in [1.54, 1.807) is 25.3 Å². The number of ether oxygens (including phenoxy) is 2. The minimum absolute atomic E-state index is 0.290. The average molecular weight is 477 g/mol. The fraction of sp³-hybridized carbons (Fsp3) is 0.0833. The summed E-state index contributed by atoms with van der Waals surface area (Å²) in [6, 6.07) is 16.3. The number of amides is 1. The number of pyridine rings is 1. The zero-order chi connectivity index (χ0) is 23.2. The zero-order valence-electron chi connectivity index (χ0n) is 17.4. The Morgan fingerprint density at radius 1 is 1.15 bits per heavy atom. The lowest BCUT2D eigenvalue weighted by Gasteiger charge is -2.12. The van der Waals surface area contributed by atoms with Crippen LogP contribution >= 0.6 is 22.9 Å². The summed E-state index contributed by atoms with van der Waals surface area (Å²) in [6.45, 7) is 0.301. The first-order chi connectivity index (χ1) is 16.1. The quantitative estimate of drug-likeness (QED) is 0.374. The third kappa shape index (κ3) is 5.29. The number of benzene rings is 2. The van der Waals surface area contributed by atoms with Gasteiger partial charge in [-0.2, -0.15) is 0 Å². The van der Waals surface area contributed by atoms with Crippen LogP contribution in [0.1, 0.15) is 21.6 Å². The van der Waals surface area contributed by atoms with E-state index in [0.717, 1.165) is 16.9 Å². The number of para-hydroxylation sites is 1. The van der Waals surface area contributed by atoms with Gasteiger partial charge >= 0.3 is 0 Å². The van der Waals surface area contributed by atoms with Crippen LogP contribution in [0.15, 0.2) is 60.8 Å². The standard InChI is InChI=1S/C24H17ClN4O3S/c1-3-17-12-19(18-6-4-5-7-21(18)31-2)20(13-26-17)22(30)27-23-28-29-24(33-23)32-14-15-8-10-16(25)11-9-15/h1,4-13H,14H2,2H3,(H,27,28,30). The van der Waals surface area contributed by atoms with Crippen LogP contribution in [0.25, 0.3) is 11.1 Å².